The smallest absolute Gasteiger partial charge is 0.315 e. The van der Waals surface area contributed by atoms with Gasteiger partial charge in [0, 0.05) is 18.5 Å². The minimum atomic E-state index is -0.172. The fourth-order valence-electron chi connectivity index (χ4n) is 2.18. The first-order valence-corrected chi connectivity index (χ1v) is 8.80. The topological polar surface area (TPSA) is 57.3 Å². The lowest BCUT2D eigenvalue weighted by Gasteiger charge is -2.15. The first-order chi connectivity index (χ1) is 11.2. The van der Waals surface area contributed by atoms with E-state index in [2.05, 4.69) is 39.7 Å². The number of rotatable bonds is 8. The normalized spacial score (nSPS) is 10.7. The van der Waals surface area contributed by atoms with Crippen LogP contribution >= 0.6 is 11.3 Å². The van der Waals surface area contributed by atoms with Crippen LogP contribution in [0.4, 0.5) is 4.79 Å². The Hall–Kier alpha value is -1.92. The maximum atomic E-state index is 11.8. The van der Waals surface area contributed by atoms with E-state index in [4.69, 9.17) is 0 Å². The number of amides is 2. The van der Waals surface area contributed by atoms with Crippen molar-refractivity contribution in [3.8, 4) is 0 Å². The number of carbonyl (C=O) groups excluding carboxylic acids is 1. The minimum Gasteiger partial charge on any atom is -0.334 e. The molecule has 23 heavy (non-hydrogen) atoms. The molecule has 2 aromatic rings. The molecule has 5 nitrogen and oxygen atoms in total. The summed E-state index contributed by atoms with van der Waals surface area (Å²) >= 11 is 1.59. The highest BCUT2D eigenvalue weighted by Gasteiger charge is 2.07. The van der Waals surface area contributed by atoms with E-state index in [9.17, 15) is 4.79 Å². The Morgan fingerprint density at radius 1 is 1.13 bits per heavy atom. The molecule has 2 rings (SSSR count). The van der Waals surface area contributed by atoms with E-state index in [0.717, 1.165) is 35.9 Å². The van der Waals surface area contributed by atoms with Crippen LogP contribution in [0.5, 0.6) is 0 Å². The molecule has 2 N–H and O–H groups in total. The van der Waals surface area contributed by atoms with Crippen molar-refractivity contribution >= 4 is 17.4 Å². The Labute approximate surface area is 141 Å². The Morgan fingerprint density at radius 3 is 2.52 bits per heavy atom. The molecule has 0 unspecified atom stereocenters. The van der Waals surface area contributed by atoms with Gasteiger partial charge < -0.3 is 10.6 Å². The van der Waals surface area contributed by atoms with E-state index in [0.29, 0.717) is 13.1 Å². The van der Waals surface area contributed by atoms with Crippen LogP contribution in [0.1, 0.15) is 30.1 Å². The van der Waals surface area contributed by atoms with Crippen molar-refractivity contribution in [3.63, 3.8) is 0 Å². The highest BCUT2D eigenvalue weighted by Crippen LogP contribution is 2.11. The molecule has 0 aliphatic carbocycles. The van der Waals surface area contributed by atoms with Gasteiger partial charge in [0.05, 0.1) is 12.2 Å². The van der Waals surface area contributed by atoms with Gasteiger partial charge >= 0.3 is 6.03 Å². The standard InChI is InChI=1S/C17H24N4OS/c1-3-21(4-2)12-15-13-23-16(20-15)11-19-17(22)18-10-14-8-6-5-7-9-14/h5-9,13H,3-4,10-12H2,1-2H3,(H2,18,19,22). The summed E-state index contributed by atoms with van der Waals surface area (Å²) in [6.45, 7) is 8.18. The monoisotopic (exact) mass is 332 g/mol. The Kier molecular flexibility index (Phi) is 7.03. The summed E-state index contributed by atoms with van der Waals surface area (Å²) in [5.41, 5.74) is 2.15. The van der Waals surface area contributed by atoms with Gasteiger partial charge in [0.25, 0.3) is 0 Å². The van der Waals surface area contributed by atoms with Crippen LogP contribution < -0.4 is 10.6 Å². The van der Waals surface area contributed by atoms with E-state index in [-0.39, 0.29) is 6.03 Å². The molecular weight excluding hydrogens is 308 g/mol. The minimum absolute atomic E-state index is 0.172. The second-order valence-corrected chi connectivity index (χ2v) is 6.16. The SMILES string of the molecule is CCN(CC)Cc1csc(CNC(=O)NCc2ccccc2)n1. The molecule has 1 heterocycles. The van der Waals surface area contributed by atoms with Gasteiger partial charge in [-0.2, -0.15) is 0 Å². The second-order valence-electron chi connectivity index (χ2n) is 5.22. The van der Waals surface area contributed by atoms with Gasteiger partial charge in [-0.3, -0.25) is 4.90 Å². The molecule has 6 heteroatoms. The van der Waals surface area contributed by atoms with Crippen LogP contribution in [0.3, 0.4) is 0 Å². The quantitative estimate of drug-likeness (QED) is 0.781. The van der Waals surface area contributed by atoms with Crippen LogP contribution in [0.2, 0.25) is 0 Å². The molecule has 0 aliphatic rings. The Balaban J connectivity index is 1.73. The predicted octanol–water partition coefficient (Wildman–Crippen LogP) is 2.98. The third-order valence-electron chi connectivity index (χ3n) is 3.58. The lowest BCUT2D eigenvalue weighted by molar-refractivity contribution is 0.240. The van der Waals surface area contributed by atoms with Crippen LogP contribution in [0, 0.1) is 0 Å². The van der Waals surface area contributed by atoms with Gasteiger partial charge in [0.2, 0.25) is 0 Å². The number of benzene rings is 1. The highest BCUT2D eigenvalue weighted by atomic mass is 32.1. The van der Waals surface area contributed by atoms with Gasteiger partial charge in [0.1, 0.15) is 5.01 Å². The van der Waals surface area contributed by atoms with E-state index >= 15 is 0 Å². The maximum Gasteiger partial charge on any atom is 0.315 e. The predicted molar refractivity (Wildman–Crippen MR) is 94.3 cm³/mol. The molecule has 0 fully saturated rings. The Bertz CT molecular complexity index is 596. The zero-order chi connectivity index (χ0) is 16.5. The first kappa shape index (κ1) is 17.4. The number of hydrogen-bond donors (Lipinski definition) is 2. The molecule has 1 aromatic heterocycles. The zero-order valence-electron chi connectivity index (χ0n) is 13.7. The number of urea groups is 1. The molecule has 0 saturated heterocycles. The third kappa shape index (κ3) is 6.00. The van der Waals surface area contributed by atoms with Crippen LogP contribution in [-0.4, -0.2) is 29.0 Å². The molecule has 0 aliphatic heterocycles. The second kappa shape index (κ2) is 9.27. The first-order valence-electron chi connectivity index (χ1n) is 7.92. The van der Waals surface area contributed by atoms with Crippen LogP contribution in [-0.2, 0) is 19.6 Å². The van der Waals surface area contributed by atoms with E-state index in [1.54, 1.807) is 11.3 Å². The summed E-state index contributed by atoms with van der Waals surface area (Å²) in [5.74, 6) is 0. The lowest BCUT2D eigenvalue weighted by Crippen LogP contribution is -2.34. The molecular formula is C17H24N4OS. The third-order valence-corrected chi connectivity index (χ3v) is 4.47. The van der Waals surface area contributed by atoms with Gasteiger partial charge in [-0.15, -0.1) is 11.3 Å². The fourth-order valence-corrected chi connectivity index (χ4v) is 2.90. The number of nitrogens with one attached hydrogen (secondary N) is 2. The van der Waals surface area contributed by atoms with Crippen LogP contribution in [0.15, 0.2) is 35.7 Å². The van der Waals surface area contributed by atoms with Crippen molar-refractivity contribution in [1.82, 2.24) is 20.5 Å². The van der Waals surface area contributed by atoms with Gasteiger partial charge in [-0.05, 0) is 18.7 Å². The van der Waals surface area contributed by atoms with Gasteiger partial charge in [0.15, 0.2) is 0 Å². The largest absolute Gasteiger partial charge is 0.334 e. The summed E-state index contributed by atoms with van der Waals surface area (Å²) in [5, 5.41) is 8.69. The molecule has 0 atom stereocenters. The van der Waals surface area contributed by atoms with Crippen molar-refractivity contribution in [1.29, 1.82) is 0 Å². The van der Waals surface area contributed by atoms with Crippen molar-refractivity contribution in [2.45, 2.75) is 33.5 Å². The Morgan fingerprint density at radius 2 is 1.83 bits per heavy atom. The summed E-state index contributed by atoms with van der Waals surface area (Å²) in [7, 11) is 0. The zero-order valence-corrected chi connectivity index (χ0v) is 14.5. The molecule has 2 amide bonds. The van der Waals surface area contributed by atoms with Crippen molar-refractivity contribution in [2.75, 3.05) is 13.1 Å². The van der Waals surface area contributed by atoms with E-state index in [1.807, 2.05) is 30.3 Å². The van der Waals surface area contributed by atoms with Crippen molar-refractivity contribution in [2.24, 2.45) is 0 Å². The molecule has 0 bridgehead atoms. The molecule has 0 saturated carbocycles. The van der Waals surface area contributed by atoms with E-state index in [1.165, 1.54) is 0 Å². The van der Waals surface area contributed by atoms with Crippen molar-refractivity contribution < 1.29 is 4.79 Å². The van der Waals surface area contributed by atoms with Crippen molar-refractivity contribution in [3.05, 3.63) is 52.0 Å². The number of carbonyl (C=O) groups is 1. The number of aromatic nitrogens is 1. The summed E-state index contributed by atoms with van der Waals surface area (Å²) in [4.78, 5) is 18.7. The number of hydrogen-bond acceptors (Lipinski definition) is 4. The average Bonchev–Trinajstić information content (AvgIpc) is 3.04. The fraction of sp³-hybridized carbons (Fsp3) is 0.412. The molecule has 0 radical (unpaired) electrons. The highest BCUT2D eigenvalue weighted by molar-refractivity contribution is 7.09. The van der Waals surface area contributed by atoms with Gasteiger partial charge in [-0.25, -0.2) is 9.78 Å². The lowest BCUT2D eigenvalue weighted by atomic mass is 10.2. The number of thiazole rings is 1. The summed E-state index contributed by atoms with van der Waals surface area (Å²) < 4.78 is 0. The number of nitrogens with zero attached hydrogens (tertiary/aromatic N) is 2. The van der Waals surface area contributed by atoms with Crippen LogP contribution in [0.25, 0.3) is 0 Å². The average molecular weight is 332 g/mol. The van der Waals surface area contributed by atoms with E-state index < -0.39 is 0 Å². The summed E-state index contributed by atoms with van der Waals surface area (Å²) in [6.07, 6.45) is 0. The summed E-state index contributed by atoms with van der Waals surface area (Å²) in [6, 6.07) is 9.68. The molecule has 0 spiro atoms. The molecule has 1 aromatic carbocycles. The maximum absolute atomic E-state index is 11.8. The van der Waals surface area contributed by atoms with Gasteiger partial charge in [-0.1, -0.05) is 44.2 Å². The molecule has 124 valence electrons.